The maximum Gasteiger partial charge on any atom is 0.273 e. The number of thiocarbonyl (C=S) groups is 1. The number of halogens is 1. The Balaban J connectivity index is 2.32. The second-order valence-corrected chi connectivity index (χ2v) is 4.29. The van der Waals surface area contributed by atoms with Gasteiger partial charge in [-0.3, -0.25) is 9.48 Å². The lowest BCUT2D eigenvalue weighted by Gasteiger charge is -2.10. The smallest absolute Gasteiger partial charge is 0.273 e. The molecule has 0 bridgehead atoms. The molecule has 2 rings (SSSR count). The highest BCUT2D eigenvalue weighted by atomic mass is 32.1. The Morgan fingerprint density at radius 3 is 2.79 bits per heavy atom. The Bertz CT molecular complexity index is 653. The monoisotopic (exact) mass is 278 g/mol. The van der Waals surface area contributed by atoms with Gasteiger partial charge in [-0.05, 0) is 24.3 Å². The minimum Gasteiger partial charge on any atom is -0.389 e. The van der Waals surface area contributed by atoms with Gasteiger partial charge in [0.15, 0.2) is 0 Å². The molecule has 0 aliphatic rings. The fraction of sp³-hybridized carbons (Fsp3) is 0.0833. The molecule has 1 amide bonds. The van der Waals surface area contributed by atoms with Gasteiger partial charge < -0.3 is 11.1 Å². The second kappa shape index (κ2) is 5.15. The summed E-state index contributed by atoms with van der Waals surface area (Å²) in [5.41, 5.74) is 6.52. The number of aromatic nitrogens is 2. The van der Waals surface area contributed by atoms with E-state index in [0.717, 1.165) is 0 Å². The van der Waals surface area contributed by atoms with Crippen molar-refractivity contribution in [2.75, 3.05) is 5.32 Å². The summed E-state index contributed by atoms with van der Waals surface area (Å²) in [5.74, 6) is -0.842. The van der Waals surface area contributed by atoms with E-state index in [0.29, 0.717) is 11.4 Å². The maximum absolute atomic E-state index is 13.1. The van der Waals surface area contributed by atoms with Crippen molar-refractivity contribution < 1.29 is 9.18 Å². The van der Waals surface area contributed by atoms with E-state index in [1.807, 2.05) is 0 Å². The third kappa shape index (κ3) is 2.76. The zero-order valence-corrected chi connectivity index (χ0v) is 10.9. The van der Waals surface area contributed by atoms with Gasteiger partial charge in [0.05, 0.1) is 5.69 Å². The molecule has 5 nitrogen and oxygen atoms in total. The molecule has 2 aromatic rings. The Morgan fingerprint density at radius 2 is 2.21 bits per heavy atom. The summed E-state index contributed by atoms with van der Waals surface area (Å²) in [6.45, 7) is 0. The van der Waals surface area contributed by atoms with Crippen molar-refractivity contribution in [3.8, 4) is 0 Å². The Labute approximate surface area is 114 Å². The molecule has 0 saturated carbocycles. The first-order valence-corrected chi connectivity index (χ1v) is 5.78. The molecular formula is C12H11FN4OS. The van der Waals surface area contributed by atoms with Gasteiger partial charge in [0.2, 0.25) is 0 Å². The molecule has 0 spiro atoms. The molecule has 0 fully saturated rings. The highest BCUT2D eigenvalue weighted by molar-refractivity contribution is 7.80. The fourth-order valence-electron chi connectivity index (χ4n) is 1.61. The zero-order chi connectivity index (χ0) is 14.0. The van der Waals surface area contributed by atoms with Gasteiger partial charge in [0.1, 0.15) is 16.5 Å². The van der Waals surface area contributed by atoms with Crippen LogP contribution in [-0.4, -0.2) is 20.7 Å². The Morgan fingerprint density at radius 1 is 1.47 bits per heavy atom. The van der Waals surface area contributed by atoms with Crippen molar-refractivity contribution in [2.45, 2.75) is 0 Å². The number of rotatable bonds is 3. The summed E-state index contributed by atoms with van der Waals surface area (Å²) < 4.78 is 14.6. The van der Waals surface area contributed by atoms with Crippen LogP contribution in [0.3, 0.4) is 0 Å². The van der Waals surface area contributed by atoms with Crippen molar-refractivity contribution in [1.82, 2.24) is 9.78 Å². The molecule has 0 saturated heterocycles. The molecule has 0 radical (unpaired) electrons. The lowest BCUT2D eigenvalue weighted by Crippen LogP contribution is -2.20. The van der Waals surface area contributed by atoms with E-state index in [1.54, 1.807) is 13.1 Å². The molecule has 1 aromatic carbocycles. The number of hydrogen-bond donors (Lipinski definition) is 2. The minimum absolute atomic E-state index is 0.0137. The van der Waals surface area contributed by atoms with E-state index in [-0.39, 0.29) is 16.5 Å². The van der Waals surface area contributed by atoms with Gasteiger partial charge in [0.25, 0.3) is 5.91 Å². The summed E-state index contributed by atoms with van der Waals surface area (Å²) in [7, 11) is 1.65. The van der Waals surface area contributed by atoms with Gasteiger partial charge in [-0.25, -0.2) is 4.39 Å². The maximum atomic E-state index is 13.1. The van der Waals surface area contributed by atoms with Gasteiger partial charge in [-0.2, -0.15) is 5.10 Å². The second-order valence-electron chi connectivity index (χ2n) is 3.85. The summed E-state index contributed by atoms with van der Waals surface area (Å²) in [6.07, 6.45) is 1.51. The molecule has 0 atom stereocenters. The quantitative estimate of drug-likeness (QED) is 0.833. The number of aryl methyl sites for hydroxylation is 1. The lowest BCUT2D eigenvalue weighted by molar-refractivity contribution is 0.101. The first kappa shape index (κ1) is 13.2. The number of hydrogen-bond acceptors (Lipinski definition) is 3. The molecule has 19 heavy (non-hydrogen) atoms. The van der Waals surface area contributed by atoms with Gasteiger partial charge >= 0.3 is 0 Å². The molecular weight excluding hydrogens is 267 g/mol. The molecule has 0 unspecified atom stereocenters. The van der Waals surface area contributed by atoms with Crippen molar-refractivity contribution >= 4 is 28.8 Å². The van der Waals surface area contributed by atoms with Crippen LogP contribution in [0.15, 0.2) is 30.5 Å². The molecule has 1 aromatic heterocycles. The third-order valence-electron chi connectivity index (χ3n) is 2.55. The van der Waals surface area contributed by atoms with Gasteiger partial charge in [0, 0.05) is 18.8 Å². The van der Waals surface area contributed by atoms with Crippen LogP contribution in [-0.2, 0) is 7.05 Å². The van der Waals surface area contributed by atoms with Gasteiger partial charge in [-0.15, -0.1) is 0 Å². The molecule has 0 aliphatic heterocycles. The third-order valence-corrected chi connectivity index (χ3v) is 2.77. The average Bonchev–Trinajstić information content (AvgIpc) is 2.77. The molecule has 3 N–H and O–H groups in total. The number of nitrogens with zero attached hydrogens (tertiary/aromatic N) is 2. The number of nitrogens with two attached hydrogens (primary N) is 1. The van der Waals surface area contributed by atoms with Crippen molar-refractivity contribution in [1.29, 1.82) is 0 Å². The zero-order valence-electron chi connectivity index (χ0n) is 10.1. The number of benzene rings is 1. The minimum atomic E-state index is -0.471. The Hall–Kier alpha value is -2.28. The van der Waals surface area contributed by atoms with Crippen LogP contribution >= 0.6 is 12.2 Å². The average molecular weight is 278 g/mol. The predicted octanol–water partition coefficient (Wildman–Crippen LogP) is 1.45. The summed E-state index contributed by atoms with van der Waals surface area (Å²) >= 11 is 4.83. The summed E-state index contributed by atoms with van der Waals surface area (Å²) in [6, 6.07) is 5.39. The van der Waals surface area contributed by atoms with Crippen molar-refractivity contribution in [3.05, 3.63) is 47.5 Å². The number of amides is 1. The SMILES string of the molecule is Cn1nccc1C(=O)Nc1ccc(F)cc1C(N)=S. The van der Waals surface area contributed by atoms with Crippen LogP contribution in [0, 0.1) is 5.82 Å². The molecule has 0 aliphatic carbocycles. The van der Waals surface area contributed by atoms with E-state index in [1.165, 1.54) is 29.1 Å². The van der Waals surface area contributed by atoms with Crippen LogP contribution in [0.25, 0.3) is 0 Å². The number of nitrogens with one attached hydrogen (secondary N) is 1. The summed E-state index contributed by atoms with van der Waals surface area (Å²) in [5, 5.41) is 6.52. The number of carbonyl (C=O) groups is 1. The highest BCUT2D eigenvalue weighted by Gasteiger charge is 2.13. The first-order valence-electron chi connectivity index (χ1n) is 5.37. The van der Waals surface area contributed by atoms with E-state index in [9.17, 15) is 9.18 Å². The summed E-state index contributed by atoms with van der Waals surface area (Å²) in [4.78, 5) is 12.0. The predicted molar refractivity (Wildman–Crippen MR) is 73.4 cm³/mol. The molecule has 1 heterocycles. The topological polar surface area (TPSA) is 72.9 Å². The van der Waals surface area contributed by atoms with Crippen LogP contribution in [0.2, 0.25) is 0 Å². The Kier molecular flexibility index (Phi) is 3.57. The number of anilines is 1. The number of carbonyl (C=O) groups excluding carboxylic acids is 1. The van der Waals surface area contributed by atoms with Crippen molar-refractivity contribution in [2.24, 2.45) is 12.8 Å². The largest absolute Gasteiger partial charge is 0.389 e. The highest BCUT2D eigenvalue weighted by Crippen LogP contribution is 2.18. The van der Waals surface area contributed by atoms with Crippen LogP contribution in [0.5, 0.6) is 0 Å². The van der Waals surface area contributed by atoms with E-state index < -0.39 is 5.82 Å². The standard InChI is InChI=1S/C12H11FN4OS/c1-17-10(4-5-15-17)12(18)16-9-3-2-7(13)6-8(9)11(14)19/h2-6H,1H3,(H2,14,19)(H,16,18). The fourth-order valence-corrected chi connectivity index (χ4v) is 1.78. The van der Waals surface area contributed by atoms with Gasteiger partial charge in [-0.1, -0.05) is 12.2 Å². The van der Waals surface area contributed by atoms with E-state index in [4.69, 9.17) is 18.0 Å². The molecule has 98 valence electrons. The first-order chi connectivity index (χ1) is 8.99. The van der Waals surface area contributed by atoms with E-state index in [2.05, 4.69) is 10.4 Å². The lowest BCUT2D eigenvalue weighted by atomic mass is 10.1. The van der Waals surface area contributed by atoms with Crippen LogP contribution < -0.4 is 11.1 Å². The van der Waals surface area contributed by atoms with E-state index >= 15 is 0 Å². The molecule has 7 heteroatoms. The van der Waals surface area contributed by atoms with Crippen LogP contribution in [0.4, 0.5) is 10.1 Å². The van der Waals surface area contributed by atoms with Crippen molar-refractivity contribution in [3.63, 3.8) is 0 Å². The normalized spacial score (nSPS) is 10.2. The van der Waals surface area contributed by atoms with Crippen LogP contribution in [0.1, 0.15) is 16.1 Å².